The van der Waals surface area contributed by atoms with E-state index in [0.717, 1.165) is 0 Å². The summed E-state index contributed by atoms with van der Waals surface area (Å²) in [7, 11) is 0. The fourth-order valence-electron chi connectivity index (χ4n) is 2.23. The van der Waals surface area contributed by atoms with E-state index in [4.69, 9.17) is 5.73 Å². The number of ketones is 1. The SMILES string of the molecule is CC(=O)c1cccc(NC(=O)c2nnn(-c3ccc(F)cc3)c2N)c1. The minimum atomic E-state index is -0.563. The van der Waals surface area contributed by atoms with Gasteiger partial charge in [-0.1, -0.05) is 17.3 Å². The lowest BCUT2D eigenvalue weighted by atomic mass is 10.1. The van der Waals surface area contributed by atoms with E-state index in [-0.39, 0.29) is 17.3 Å². The van der Waals surface area contributed by atoms with Crippen molar-refractivity contribution in [3.8, 4) is 5.69 Å². The number of carbonyl (C=O) groups is 2. The van der Waals surface area contributed by atoms with E-state index in [1.807, 2.05) is 0 Å². The molecule has 126 valence electrons. The van der Waals surface area contributed by atoms with Gasteiger partial charge in [0.15, 0.2) is 17.3 Å². The Morgan fingerprint density at radius 3 is 2.56 bits per heavy atom. The van der Waals surface area contributed by atoms with Gasteiger partial charge in [-0.25, -0.2) is 4.39 Å². The minimum Gasteiger partial charge on any atom is -0.382 e. The number of Topliss-reactive ketones (excluding diaryl/α,β-unsaturated/α-hetero) is 1. The zero-order valence-corrected chi connectivity index (χ0v) is 13.2. The van der Waals surface area contributed by atoms with Crippen molar-refractivity contribution < 1.29 is 14.0 Å². The summed E-state index contributed by atoms with van der Waals surface area (Å²) >= 11 is 0. The number of rotatable bonds is 4. The number of hydrogen-bond donors (Lipinski definition) is 2. The standard InChI is InChI=1S/C17H14FN5O2/c1-10(24)11-3-2-4-13(9-11)20-17(25)15-16(19)23(22-21-15)14-7-5-12(18)6-8-14/h2-9H,19H2,1H3,(H,20,25). The van der Waals surface area contributed by atoms with Gasteiger partial charge in [-0.2, -0.15) is 4.68 Å². The molecule has 1 amide bonds. The first-order chi connectivity index (χ1) is 12.0. The predicted molar refractivity (Wildman–Crippen MR) is 90.1 cm³/mol. The maximum Gasteiger partial charge on any atom is 0.280 e. The van der Waals surface area contributed by atoms with Gasteiger partial charge in [0.1, 0.15) is 5.82 Å². The Hall–Kier alpha value is -3.55. The van der Waals surface area contributed by atoms with E-state index in [9.17, 15) is 14.0 Å². The largest absolute Gasteiger partial charge is 0.382 e. The van der Waals surface area contributed by atoms with Crippen LogP contribution in [0, 0.1) is 5.82 Å². The van der Waals surface area contributed by atoms with Gasteiger partial charge in [0.25, 0.3) is 5.91 Å². The van der Waals surface area contributed by atoms with Crippen LogP contribution in [-0.2, 0) is 0 Å². The molecule has 0 radical (unpaired) electrons. The van der Waals surface area contributed by atoms with Gasteiger partial charge >= 0.3 is 0 Å². The quantitative estimate of drug-likeness (QED) is 0.711. The molecule has 0 bridgehead atoms. The number of nitrogen functional groups attached to an aromatic ring is 1. The Bertz CT molecular complexity index is 950. The number of benzene rings is 2. The summed E-state index contributed by atoms with van der Waals surface area (Å²) < 4.78 is 14.2. The third-order valence-electron chi connectivity index (χ3n) is 3.52. The fraction of sp³-hybridized carbons (Fsp3) is 0.0588. The molecule has 8 heteroatoms. The summed E-state index contributed by atoms with van der Waals surface area (Å²) in [6, 6.07) is 12.0. The van der Waals surface area contributed by atoms with E-state index in [1.54, 1.807) is 24.3 Å². The lowest BCUT2D eigenvalue weighted by Crippen LogP contribution is -2.15. The van der Waals surface area contributed by atoms with Crippen LogP contribution in [0.3, 0.4) is 0 Å². The van der Waals surface area contributed by atoms with Crippen LogP contribution in [0.15, 0.2) is 48.5 Å². The zero-order chi connectivity index (χ0) is 18.0. The molecule has 25 heavy (non-hydrogen) atoms. The number of anilines is 2. The Morgan fingerprint density at radius 1 is 1.16 bits per heavy atom. The number of nitrogens with zero attached hydrogens (tertiary/aromatic N) is 3. The lowest BCUT2D eigenvalue weighted by molar-refractivity contribution is 0.100. The molecule has 0 aliphatic heterocycles. The average molecular weight is 339 g/mol. The number of nitrogens with one attached hydrogen (secondary N) is 1. The van der Waals surface area contributed by atoms with Gasteiger partial charge in [0.05, 0.1) is 5.69 Å². The fourth-order valence-corrected chi connectivity index (χ4v) is 2.23. The Labute approximate surface area is 142 Å². The number of carbonyl (C=O) groups excluding carboxylic acids is 2. The Morgan fingerprint density at radius 2 is 1.88 bits per heavy atom. The minimum absolute atomic E-state index is 0.0202. The van der Waals surface area contributed by atoms with Crippen LogP contribution in [0.25, 0.3) is 5.69 Å². The molecule has 0 aliphatic rings. The first-order valence-corrected chi connectivity index (χ1v) is 7.35. The average Bonchev–Trinajstić information content (AvgIpc) is 2.97. The molecular weight excluding hydrogens is 325 g/mol. The van der Waals surface area contributed by atoms with Crippen molar-refractivity contribution in [2.75, 3.05) is 11.1 Å². The molecule has 1 aromatic heterocycles. The molecule has 0 aliphatic carbocycles. The van der Waals surface area contributed by atoms with Crippen molar-refractivity contribution in [3.63, 3.8) is 0 Å². The van der Waals surface area contributed by atoms with E-state index >= 15 is 0 Å². The van der Waals surface area contributed by atoms with Crippen molar-refractivity contribution in [1.29, 1.82) is 0 Å². The lowest BCUT2D eigenvalue weighted by Gasteiger charge is -2.06. The maximum absolute atomic E-state index is 13.0. The van der Waals surface area contributed by atoms with Gasteiger partial charge in [-0.3, -0.25) is 9.59 Å². The summed E-state index contributed by atoms with van der Waals surface area (Å²) in [6.45, 7) is 1.44. The molecule has 3 aromatic rings. The number of halogens is 1. The highest BCUT2D eigenvalue weighted by atomic mass is 19.1. The van der Waals surface area contributed by atoms with Crippen molar-refractivity contribution in [2.24, 2.45) is 0 Å². The Balaban J connectivity index is 1.85. The number of hydrogen-bond acceptors (Lipinski definition) is 5. The molecule has 1 heterocycles. The van der Waals surface area contributed by atoms with Gasteiger partial charge in [-0.05, 0) is 43.3 Å². The van der Waals surface area contributed by atoms with Crippen molar-refractivity contribution in [2.45, 2.75) is 6.92 Å². The number of nitrogens with two attached hydrogens (primary N) is 1. The Kier molecular flexibility index (Phi) is 4.25. The summed E-state index contributed by atoms with van der Waals surface area (Å²) in [4.78, 5) is 23.8. The molecule has 0 spiro atoms. The monoisotopic (exact) mass is 339 g/mol. The molecule has 3 N–H and O–H groups in total. The summed E-state index contributed by atoms with van der Waals surface area (Å²) in [5.41, 5.74) is 7.25. The molecule has 7 nitrogen and oxygen atoms in total. The highest BCUT2D eigenvalue weighted by Crippen LogP contribution is 2.18. The first-order valence-electron chi connectivity index (χ1n) is 7.35. The third kappa shape index (κ3) is 3.37. The molecule has 0 unspecified atom stereocenters. The van der Waals surface area contributed by atoms with Crippen LogP contribution < -0.4 is 11.1 Å². The number of amides is 1. The summed E-state index contributed by atoms with van der Waals surface area (Å²) in [6.07, 6.45) is 0. The van der Waals surface area contributed by atoms with Gasteiger partial charge in [0.2, 0.25) is 0 Å². The topological polar surface area (TPSA) is 103 Å². The second kappa shape index (κ2) is 6.52. The van der Waals surface area contributed by atoms with E-state index in [2.05, 4.69) is 15.6 Å². The molecule has 2 aromatic carbocycles. The second-order valence-corrected chi connectivity index (χ2v) is 5.30. The molecule has 0 fully saturated rings. The van der Waals surface area contributed by atoms with Crippen LogP contribution in [0.5, 0.6) is 0 Å². The molecular formula is C17H14FN5O2. The third-order valence-corrected chi connectivity index (χ3v) is 3.52. The molecule has 0 saturated heterocycles. The zero-order valence-electron chi connectivity index (χ0n) is 13.2. The van der Waals surface area contributed by atoms with Crippen molar-refractivity contribution in [3.05, 3.63) is 65.6 Å². The van der Waals surface area contributed by atoms with Crippen LogP contribution in [0.2, 0.25) is 0 Å². The molecule has 0 saturated carbocycles. The summed E-state index contributed by atoms with van der Waals surface area (Å²) in [5.74, 6) is -1.05. The highest BCUT2D eigenvalue weighted by Gasteiger charge is 2.18. The van der Waals surface area contributed by atoms with Gasteiger partial charge < -0.3 is 11.1 Å². The highest BCUT2D eigenvalue weighted by molar-refractivity contribution is 6.06. The molecule has 0 atom stereocenters. The maximum atomic E-state index is 13.0. The first kappa shape index (κ1) is 16.3. The van der Waals surface area contributed by atoms with E-state index < -0.39 is 11.7 Å². The van der Waals surface area contributed by atoms with Crippen LogP contribution in [-0.4, -0.2) is 26.7 Å². The normalized spacial score (nSPS) is 10.5. The van der Waals surface area contributed by atoms with Crippen LogP contribution in [0.4, 0.5) is 15.9 Å². The smallest absolute Gasteiger partial charge is 0.280 e. The van der Waals surface area contributed by atoms with Gasteiger partial charge in [-0.15, -0.1) is 5.10 Å². The number of aromatic nitrogens is 3. The van der Waals surface area contributed by atoms with Gasteiger partial charge in [0, 0.05) is 11.3 Å². The van der Waals surface area contributed by atoms with E-state index in [1.165, 1.54) is 35.9 Å². The van der Waals surface area contributed by atoms with Crippen molar-refractivity contribution >= 4 is 23.2 Å². The predicted octanol–water partition coefficient (Wildman–Crippen LogP) is 2.44. The molecule has 3 rings (SSSR count). The van der Waals surface area contributed by atoms with Crippen LogP contribution >= 0.6 is 0 Å². The van der Waals surface area contributed by atoms with Crippen molar-refractivity contribution in [1.82, 2.24) is 15.0 Å². The van der Waals surface area contributed by atoms with Crippen LogP contribution in [0.1, 0.15) is 27.8 Å². The van der Waals surface area contributed by atoms with E-state index in [0.29, 0.717) is 16.9 Å². The second-order valence-electron chi connectivity index (χ2n) is 5.30. The summed E-state index contributed by atoms with van der Waals surface area (Å²) in [5, 5.41) is 10.2.